The van der Waals surface area contributed by atoms with Crippen molar-refractivity contribution >= 4 is 27.3 Å². The standard InChI is InChI=1S/C24H28FN3O5S/c1-16(2)32-22-10-9-19(34(30,31)28-11-4-3-5-12-28)14-21(22)26-24(29)23-15-20(27-33-23)17-7-6-8-18(25)13-17/h6-10,13-14,16,23H,3-5,11-12,15H2,1-2H3,(H,26,29). The number of rotatable bonds is 7. The zero-order chi connectivity index (χ0) is 24.3. The maximum absolute atomic E-state index is 13.5. The topological polar surface area (TPSA) is 97.3 Å². The summed E-state index contributed by atoms with van der Waals surface area (Å²) in [4.78, 5) is 18.3. The van der Waals surface area contributed by atoms with Gasteiger partial charge in [-0.1, -0.05) is 23.7 Å². The number of amides is 1. The molecule has 10 heteroatoms. The van der Waals surface area contributed by atoms with Crippen LogP contribution in [0.1, 0.15) is 45.1 Å². The van der Waals surface area contributed by atoms with Crippen LogP contribution in [0.5, 0.6) is 5.75 Å². The van der Waals surface area contributed by atoms with Crippen molar-refractivity contribution in [2.24, 2.45) is 5.16 Å². The molecule has 0 radical (unpaired) electrons. The Balaban J connectivity index is 1.54. The molecule has 1 unspecified atom stereocenters. The number of piperidine rings is 1. The van der Waals surface area contributed by atoms with Crippen LogP contribution in [0.15, 0.2) is 52.5 Å². The lowest BCUT2D eigenvalue weighted by Gasteiger charge is -2.26. The van der Waals surface area contributed by atoms with E-state index in [0.717, 1.165) is 19.3 Å². The fourth-order valence-electron chi connectivity index (χ4n) is 3.95. The molecule has 1 fully saturated rings. The second kappa shape index (κ2) is 10.1. The van der Waals surface area contributed by atoms with Gasteiger partial charge in [0.1, 0.15) is 11.6 Å². The van der Waals surface area contributed by atoms with Crippen LogP contribution in [0.4, 0.5) is 10.1 Å². The van der Waals surface area contributed by atoms with Crippen molar-refractivity contribution in [3.63, 3.8) is 0 Å². The fourth-order valence-corrected chi connectivity index (χ4v) is 5.49. The van der Waals surface area contributed by atoms with Crippen LogP contribution in [0.25, 0.3) is 0 Å². The Hall–Kier alpha value is -2.98. The van der Waals surface area contributed by atoms with Crippen molar-refractivity contribution in [2.75, 3.05) is 18.4 Å². The zero-order valence-corrected chi connectivity index (χ0v) is 20.0. The van der Waals surface area contributed by atoms with Gasteiger partial charge in [0, 0.05) is 25.1 Å². The highest BCUT2D eigenvalue weighted by atomic mass is 32.2. The number of sulfonamides is 1. The molecule has 0 aliphatic carbocycles. The number of hydrogen-bond acceptors (Lipinski definition) is 6. The van der Waals surface area contributed by atoms with E-state index in [4.69, 9.17) is 9.57 Å². The van der Waals surface area contributed by atoms with Gasteiger partial charge in [0.15, 0.2) is 0 Å². The summed E-state index contributed by atoms with van der Waals surface area (Å²) in [5, 5.41) is 6.67. The number of halogens is 1. The fraction of sp³-hybridized carbons (Fsp3) is 0.417. The summed E-state index contributed by atoms with van der Waals surface area (Å²) >= 11 is 0. The summed E-state index contributed by atoms with van der Waals surface area (Å²) in [7, 11) is -3.70. The SMILES string of the molecule is CC(C)Oc1ccc(S(=O)(=O)N2CCCCC2)cc1NC(=O)C1CC(c2cccc(F)c2)=NO1. The van der Waals surface area contributed by atoms with Crippen molar-refractivity contribution in [3.8, 4) is 5.75 Å². The van der Waals surface area contributed by atoms with Crippen LogP contribution in [0, 0.1) is 5.82 Å². The Kier molecular flexibility index (Phi) is 7.18. The number of anilines is 1. The number of ether oxygens (including phenoxy) is 1. The highest BCUT2D eigenvalue weighted by molar-refractivity contribution is 7.89. The van der Waals surface area contributed by atoms with Crippen LogP contribution in [-0.2, 0) is 19.7 Å². The first-order valence-corrected chi connectivity index (χ1v) is 12.8. The molecule has 0 aromatic heterocycles. The minimum atomic E-state index is -3.70. The average molecular weight is 490 g/mol. The maximum Gasteiger partial charge on any atom is 0.268 e. The van der Waals surface area contributed by atoms with Gasteiger partial charge in [-0.15, -0.1) is 0 Å². The summed E-state index contributed by atoms with van der Waals surface area (Å²) in [6.07, 6.45) is 1.68. The second-order valence-electron chi connectivity index (χ2n) is 8.63. The molecule has 0 bridgehead atoms. The Morgan fingerprint density at radius 2 is 1.94 bits per heavy atom. The zero-order valence-electron chi connectivity index (χ0n) is 19.2. The predicted molar refractivity (Wildman–Crippen MR) is 126 cm³/mol. The Morgan fingerprint density at radius 3 is 2.65 bits per heavy atom. The van der Waals surface area contributed by atoms with Crippen molar-refractivity contribution in [1.29, 1.82) is 0 Å². The molecule has 182 valence electrons. The molecular formula is C24H28FN3O5S. The molecule has 2 heterocycles. The molecule has 1 amide bonds. The van der Waals surface area contributed by atoms with Gasteiger partial charge >= 0.3 is 0 Å². The molecule has 4 rings (SSSR count). The quantitative estimate of drug-likeness (QED) is 0.636. The maximum atomic E-state index is 13.5. The van der Waals surface area contributed by atoms with Crippen LogP contribution in [0.2, 0.25) is 0 Å². The summed E-state index contributed by atoms with van der Waals surface area (Å²) in [6, 6.07) is 10.4. The first-order chi connectivity index (χ1) is 16.2. The van der Waals surface area contributed by atoms with Gasteiger partial charge in [-0.2, -0.15) is 4.31 Å². The number of nitrogens with one attached hydrogen (secondary N) is 1. The lowest BCUT2D eigenvalue weighted by atomic mass is 10.0. The number of carbonyl (C=O) groups is 1. The van der Waals surface area contributed by atoms with Gasteiger partial charge in [-0.25, -0.2) is 12.8 Å². The van der Waals surface area contributed by atoms with Crippen molar-refractivity contribution in [3.05, 3.63) is 53.8 Å². The number of carbonyl (C=O) groups excluding carboxylic acids is 1. The molecular weight excluding hydrogens is 461 g/mol. The molecule has 8 nitrogen and oxygen atoms in total. The highest BCUT2D eigenvalue weighted by Crippen LogP contribution is 2.31. The normalized spacial score (nSPS) is 18.9. The summed E-state index contributed by atoms with van der Waals surface area (Å²) in [5.74, 6) is -0.559. The predicted octanol–water partition coefficient (Wildman–Crippen LogP) is 3.92. The molecule has 2 aromatic carbocycles. The third-order valence-electron chi connectivity index (χ3n) is 5.64. The molecule has 2 aliphatic rings. The van der Waals surface area contributed by atoms with Gasteiger partial charge < -0.3 is 14.9 Å². The first kappa shape index (κ1) is 24.2. The molecule has 2 aromatic rings. The van der Waals surface area contributed by atoms with Crippen molar-refractivity contribution < 1.29 is 27.2 Å². The van der Waals surface area contributed by atoms with Gasteiger partial charge in [-0.3, -0.25) is 4.79 Å². The highest BCUT2D eigenvalue weighted by Gasteiger charge is 2.31. The molecule has 1 saturated heterocycles. The first-order valence-electron chi connectivity index (χ1n) is 11.3. The van der Waals surface area contributed by atoms with Crippen molar-refractivity contribution in [1.82, 2.24) is 4.31 Å². The van der Waals surface area contributed by atoms with Gasteiger partial charge in [0.05, 0.1) is 22.4 Å². The molecule has 2 aliphatic heterocycles. The van der Waals surface area contributed by atoms with E-state index >= 15 is 0 Å². The van der Waals surface area contributed by atoms with E-state index in [-0.39, 0.29) is 23.1 Å². The second-order valence-corrected chi connectivity index (χ2v) is 10.6. The van der Waals surface area contributed by atoms with E-state index in [1.165, 1.54) is 28.6 Å². The third kappa shape index (κ3) is 5.39. The molecule has 1 N–H and O–H groups in total. The smallest absolute Gasteiger partial charge is 0.268 e. The van der Waals surface area contributed by atoms with Gasteiger partial charge in [0.25, 0.3) is 5.91 Å². The Bertz CT molecular complexity index is 1190. The van der Waals surface area contributed by atoms with E-state index in [9.17, 15) is 17.6 Å². The number of benzene rings is 2. The van der Waals surface area contributed by atoms with E-state index < -0.39 is 27.9 Å². The molecule has 0 spiro atoms. The lowest BCUT2D eigenvalue weighted by Crippen LogP contribution is -2.35. The number of nitrogens with zero attached hydrogens (tertiary/aromatic N) is 2. The largest absolute Gasteiger partial charge is 0.489 e. The molecule has 0 saturated carbocycles. The van der Waals surface area contributed by atoms with E-state index in [0.29, 0.717) is 30.1 Å². The van der Waals surface area contributed by atoms with E-state index in [1.54, 1.807) is 18.2 Å². The molecule has 34 heavy (non-hydrogen) atoms. The minimum Gasteiger partial charge on any atom is -0.489 e. The lowest BCUT2D eigenvalue weighted by molar-refractivity contribution is -0.125. The Labute approximate surface area is 198 Å². The average Bonchev–Trinajstić information content (AvgIpc) is 3.31. The third-order valence-corrected chi connectivity index (χ3v) is 7.54. The monoisotopic (exact) mass is 489 g/mol. The van der Waals surface area contributed by atoms with E-state index in [1.807, 2.05) is 13.8 Å². The molecule has 1 atom stereocenters. The van der Waals surface area contributed by atoms with E-state index in [2.05, 4.69) is 10.5 Å². The van der Waals surface area contributed by atoms with Crippen LogP contribution < -0.4 is 10.1 Å². The summed E-state index contributed by atoms with van der Waals surface area (Å²) in [6.45, 7) is 4.63. The number of oxime groups is 1. The summed E-state index contributed by atoms with van der Waals surface area (Å²) in [5.41, 5.74) is 1.23. The Morgan fingerprint density at radius 1 is 1.18 bits per heavy atom. The van der Waals surface area contributed by atoms with Crippen molar-refractivity contribution in [2.45, 2.75) is 56.6 Å². The number of hydrogen-bond donors (Lipinski definition) is 1. The van der Waals surface area contributed by atoms with Gasteiger partial charge in [0.2, 0.25) is 16.1 Å². The van der Waals surface area contributed by atoms with Gasteiger partial charge in [-0.05, 0) is 57.0 Å². The van der Waals surface area contributed by atoms with Crippen LogP contribution in [0.3, 0.4) is 0 Å². The van der Waals surface area contributed by atoms with Crippen LogP contribution >= 0.6 is 0 Å². The van der Waals surface area contributed by atoms with Crippen LogP contribution in [-0.4, -0.2) is 49.6 Å². The summed E-state index contributed by atoms with van der Waals surface area (Å²) < 4.78 is 47.1. The minimum absolute atomic E-state index is 0.0878.